The number of guanidine groups is 1. The summed E-state index contributed by atoms with van der Waals surface area (Å²) < 4.78 is 5.63. The van der Waals surface area contributed by atoms with E-state index in [4.69, 9.17) is 10.5 Å². The maximum Gasteiger partial charge on any atom is 0.296 e. The Hall–Kier alpha value is -2.56. The maximum atomic E-state index is 11.7. The lowest BCUT2D eigenvalue weighted by atomic mass is 10.1. The number of ether oxygens (including phenoxy) is 1. The van der Waals surface area contributed by atoms with Gasteiger partial charge in [-0.2, -0.15) is 4.99 Å². The Morgan fingerprint density at radius 1 is 1.42 bits per heavy atom. The third-order valence-corrected chi connectivity index (χ3v) is 3.12. The summed E-state index contributed by atoms with van der Waals surface area (Å²) in [5.74, 6) is 0.750. The number of nitrogens with two attached hydrogens (primary N) is 1. The monoisotopic (exact) mass is 255 g/mol. The summed E-state index contributed by atoms with van der Waals surface area (Å²) in [6, 6.07) is 7.77. The van der Waals surface area contributed by atoms with Crippen LogP contribution in [0.2, 0.25) is 0 Å². The number of carbonyl (C=O) groups excluding carboxylic acids is 1. The van der Waals surface area contributed by atoms with Crippen molar-refractivity contribution in [1.82, 2.24) is 4.90 Å². The number of amides is 1. The van der Waals surface area contributed by atoms with E-state index in [1.807, 2.05) is 30.3 Å². The van der Waals surface area contributed by atoms with Gasteiger partial charge in [-0.25, -0.2) is 0 Å². The fourth-order valence-corrected chi connectivity index (χ4v) is 2.05. The van der Waals surface area contributed by atoms with Gasteiger partial charge < -0.3 is 15.4 Å². The van der Waals surface area contributed by atoms with Crippen LogP contribution in [0.25, 0.3) is 6.08 Å². The van der Waals surface area contributed by atoms with Gasteiger partial charge in [-0.3, -0.25) is 4.79 Å². The molecule has 1 aromatic carbocycles. The summed E-state index contributed by atoms with van der Waals surface area (Å²) >= 11 is 0. The average Bonchev–Trinajstić information content (AvgIpc) is 2.65. The number of aliphatic imine (C=N–C) groups is 1. The van der Waals surface area contributed by atoms with E-state index < -0.39 is 0 Å². The van der Waals surface area contributed by atoms with Gasteiger partial charge >= 0.3 is 0 Å². The predicted octanol–water partition coefficient (Wildman–Crippen LogP) is 1.13. The van der Waals surface area contributed by atoms with Crippen LogP contribution >= 0.6 is 0 Å². The Kier molecular flexibility index (Phi) is 2.59. The Balaban J connectivity index is 1.94. The molecule has 2 N–H and O–H groups in total. The molecule has 0 saturated carbocycles. The Bertz CT molecular complexity index is 644. The topological polar surface area (TPSA) is 67.9 Å². The molecule has 2 aliphatic heterocycles. The van der Waals surface area contributed by atoms with E-state index in [1.165, 1.54) is 0 Å². The van der Waals surface area contributed by atoms with Gasteiger partial charge in [-0.05, 0) is 23.8 Å². The highest BCUT2D eigenvalue weighted by molar-refractivity contribution is 6.09. The third kappa shape index (κ3) is 1.99. The van der Waals surface area contributed by atoms with Gasteiger partial charge in [0, 0.05) is 12.6 Å². The van der Waals surface area contributed by atoms with Crippen LogP contribution in [-0.2, 0) is 4.79 Å². The molecule has 1 aromatic rings. The van der Waals surface area contributed by atoms with Crippen molar-refractivity contribution < 1.29 is 9.53 Å². The summed E-state index contributed by atoms with van der Waals surface area (Å²) in [5.41, 5.74) is 7.99. The van der Waals surface area contributed by atoms with Crippen LogP contribution in [0.4, 0.5) is 0 Å². The molecule has 2 aliphatic rings. The SMILES string of the molecule is CN1C(N)=NC(=O)/C1=C/C1=Cc2ccccc2OC1. The van der Waals surface area contributed by atoms with Crippen molar-refractivity contribution in [2.45, 2.75) is 0 Å². The van der Waals surface area contributed by atoms with Crippen LogP contribution in [0.5, 0.6) is 5.75 Å². The molecule has 3 rings (SSSR count). The van der Waals surface area contributed by atoms with Crippen molar-refractivity contribution >= 4 is 17.9 Å². The number of nitrogens with zero attached hydrogens (tertiary/aromatic N) is 2. The number of carbonyl (C=O) groups is 1. The van der Waals surface area contributed by atoms with E-state index in [2.05, 4.69) is 4.99 Å². The first-order chi connectivity index (χ1) is 9.15. The predicted molar refractivity (Wildman–Crippen MR) is 72.4 cm³/mol. The summed E-state index contributed by atoms with van der Waals surface area (Å²) in [4.78, 5) is 16.9. The average molecular weight is 255 g/mol. The molecule has 2 heterocycles. The lowest BCUT2D eigenvalue weighted by molar-refractivity contribution is -0.114. The standard InChI is InChI=1S/C14H13N3O2/c1-17-11(13(18)16-14(17)15)7-9-6-10-4-2-3-5-12(10)19-8-9/h2-7H,8H2,1H3,(H2,15,16,18)/b11-7-. The third-order valence-electron chi connectivity index (χ3n) is 3.12. The Morgan fingerprint density at radius 2 is 2.21 bits per heavy atom. The van der Waals surface area contributed by atoms with Crippen LogP contribution in [0.1, 0.15) is 5.56 Å². The molecular weight excluding hydrogens is 242 g/mol. The van der Waals surface area contributed by atoms with Crippen molar-refractivity contribution in [2.24, 2.45) is 10.7 Å². The highest BCUT2D eigenvalue weighted by Crippen LogP contribution is 2.27. The molecule has 96 valence electrons. The molecule has 0 unspecified atom stereocenters. The molecule has 0 atom stereocenters. The summed E-state index contributed by atoms with van der Waals surface area (Å²) in [5, 5.41) is 0. The molecular formula is C14H13N3O2. The molecule has 1 amide bonds. The highest BCUT2D eigenvalue weighted by atomic mass is 16.5. The zero-order chi connectivity index (χ0) is 13.4. The van der Waals surface area contributed by atoms with Gasteiger partial charge in [0.2, 0.25) is 5.96 Å². The fourth-order valence-electron chi connectivity index (χ4n) is 2.05. The Labute approximate surface area is 110 Å². The number of benzene rings is 1. The number of rotatable bonds is 1. The van der Waals surface area contributed by atoms with E-state index in [1.54, 1.807) is 18.0 Å². The van der Waals surface area contributed by atoms with E-state index in [9.17, 15) is 4.79 Å². The molecule has 0 aliphatic carbocycles. The largest absolute Gasteiger partial charge is 0.488 e. The van der Waals surface area contributed by atoms with E-state index in [0.29, 0.717) is 12.3 Å². The minimum atomic E-state index is -0.320. The summed E-state index contributed by atoms with van der Waals surface area (Å²) in [7, 11) is 1.72. The van der Waals surface area contributed by atoms with Crippen molar-refractivity contribution in [3.05, 3.63) is 47.2 Å². The van der Waals surface area contributed by atoms with Crippen LogP contribution < -0.4 is 10.5 Å². The number of hydrogen-bond acceptors (Lipinski definition) is 4. The van der Waals surface area contributed by atoms with Gasteiger partial charge in [0.05, 0.1) is 0 Å². The van der Waals surface area contributed by atoms with Gasteiger partial charge in [0.1, 0.15) is 18.1 Å². The normalized spacial score (nSPS) is 19.9. The molecule has 0 radical (unpaired) electrons. The van der Waals surface area contributed by atoms with Crippen LogP contribution in [0, 0.1) is 0 Å². The minimum absolute atomic E-state index is 0.217. The first-order valence-electron chi connectivity index (χ1n) is 5.91. The zero-order valence-corrected chi connectivity index (χ0v) is 10.5. The molecule has 0 aromatic heterocycles. The lowest BCUT2D eigenvalue weighted by Gasteiger charge is -2.17. The first-order valence-corrected chi connectivity index (χ1v) is 5.91. The Morgan fingerprint density at radius 3 is 2.95 bits per heavy atom. The van der Waals surface area contributed by atoms with Crippen molar-refractivity contribution in [3.63, 3.8) is 0 Å². The van der Waals surface area contributed by atoms with E-state index in [-0.39, 0.29) is 11.9 Å². The summed E-state index contributed by atoms with van der Waals surface area (Å²) in [6.45, 7) is 0.432. The number of para-hydroxylation sites is 1. The van der Waals surface area contributed by atoms with Crippen LogP contribution in [0.3, 0.4) is 0 Å². The number of hydrogen-bond donors (Lipinski definition) is 1. The second-order valence-electron chi connectivity index (χ2n) is 4.41. The zero-order valence-electron chi connectivity index (χ0n) is 10.5. The molecule has 5 nitrogen and oxygen atoms in total. The first kappa shape index (κ1) is 11.5. The second kappa shape index (κ2) is 4.28. The number of likely N-dealkylation sites (N-methyl/N-ethyl adjacent to an activating group) is 1. The quantitative estimate of drug-likeness (QED) is 0.764. The molecule has 0 fully saturated rings. The molecule has 19 heavy (non-hydrogen) atoms. The van der Waals surface area contributed by atoms with Crippen LogP contribution in [-0.4, -0.2) is 30.4 Å². The fraction of sp³-hybridized carbons (Fsp3) is 0.143. The smallest absolute Gasteiger partial charge is 0.296 e. The van der Waals surface area contributed by atoms with Crippen molar-refractivity contribution in [1.29, 1.82) is 0 Å². The minimum Gasteiger partial charge on any atom is -0.488 e. The molecule has 0 bridgehead atoms. The maximum absolute atomic E-state index is 11.7. The van der Waals surface area contributed by atoms with E-state index >= 15 is 0 Å². The lowest BCUT2D eigenvalue weighted by Crippen LogP contribution is -2.29. The van der Waals surface area contributed by atoms with Crippen molar-refractivity contribution in [3.8, 4) is 5.75 Å². The molecule has 0 saturated heterocycles. The van der Waals surface area contributed by atoms with Gasteiger partial charge in [-0.1, -0.05) is 18.2 Å². The second-order valence-corrected chi connectivity index (χ2v) is 4.41. The summed E-state index contributed by atoms with van der Waals surface area (Å²) in [6.07, 6.45) is 3.77. The van der Waals surface area contributed by atoms with Gasteiger partial charge in [0.15, 0.2) is 0 Å². The van der Waals surface area contributed by atoms with Gasteiger partial charge in [0.25, 0.3) is 5.91 Å². The van der Waals surface area contributed by atoms with Crippen LogP contribution in [0.15, 0.2) is 46.6 Å². The van der Waals surface area contributed by atoms with Gasteiger partial charge in [-0.15, -0.1) is 0 Å². The van der Waals surface area contributed by atoms with E-state index in [0.717, 1.165) is 16.9 Å². The number of fused-ring (bicyclic) bond motifs is 1. The van der Waals surface area contributed by atoms with Crippen molar-refractivity contribution in [2.75, 3.05) is 13.7 Å². The highest BCUT2D eigenvalue weighted by Gasteiger charge is 2.24. The molecule has 5 heteroatoms. The molecule has 0 spiro atoms.